The molecule has 9 nitrogen and oxygen atoms in total. The zero-order valence-corrected chi connectivity index (χ0v) is 21.9. The lowest BCUT2D eigenvalue weighted by Crippen LogP contribution is -2.51. The van der Waals surface area contributed by atoms with Crippen molar-refractivity contribution in [2.24, 2.45) is 5.92 Å². The highest BCUT2D eigenvalue weighted by Gasteiger charge is 2.25. The van der Waals surface area contributed by atoms with Crippen molar-refractivity contribution in [3.63, 3.8) is 0 Å². The van der Waals surface area contributed by atoms with Crippen LogP contribution in [0.1, 0.15) is 56.1 Å². The second-order valence-electron chi connectivity index (χ2n) is 9.54. The van der Waals surface area contributed by atoms with Crippen LogP contribution < -0.4 is 16.1 Å². The molecule has 0 spiro atoms. The van der Waals surface area contributed by atoms with Gasteiger partial charge in [0.1, 0.15) is 6.04 Å². The Kier molecular flexibility index (Phi) is 11.3. The van der Waals surface area contributed by atoms with E-state index in [4.69, 9.17) is 5.21 Å². The SMILES string of the molecule is CC(C)CN(CC(=O)Nc1ccc(C#Cc2ccc(C(=O)N[C@H](C(=O)NO)[C@@H](C)O)cc2)cc1)C(C)C. The topological polar surface area (TPSA) is 131 Å². The zero-order valence-electron chi connectivity index (χ0n) is 21.9. The average Bonchev–Trinajstić information content (AvgIpc) is 2.85. The highest BCUT2D eigenvalue weighted by Crippen LogP contribution is 2.11. The molecule has 2 rings (SSSR count). The quantitative estimate of drug-likeness (QED) is 0.190. The van der Waals surface area contributed by atoms with Crippen LogP contribution in [0.15, 0.2) is 48.5 Å². The Morgan fingerprint density at radius 2 is 1.43 bits per heavy atom. The number of rotatable bonds is 10. The third-order valence-corrected chi connectivity index (χ3v) is 5.51. The number of nitrogens with one attached hydrogen (secondary N) is 3. The van der Waals surface area contributed by atoms with Gasteiger partial charge >= 0.3 is 0 Å². The fraction of sp³-hybridized carbons (Fsp3) is 0.393. The van der Waals surface area contributed by atoms with Crippen LogP contribution in [-0.2, 0) is 9.59 Å². The number of amides is 3. The Morgan fingerprint density at radius 3 is 1.89 bits per heavy atom. The minimum atomic E-state index is -1.29. The zero-order chi connectivity index (χ0) is 27.5. The van der Waals surface area contributed by atoms with E-state index in [1.54, 1.807) is 36.4 Å². The summed E-state index contributed by atoms with van der Waals surface area (Å²) in [5.74, 6) is 4.98. The van der Waals surface area contributed by atoms with Gasteiger partial charge in [0, 0.05) is 35.0 Å². The molecule has 0 radical (unpaired) electrons. The van der Waals surface area contributed by atoms with Gasteiger partial charge in [-0.1, -0.05) is 25.7 Å². The number of hydrogen-bond donors (Lipinski definition) is 5. The summed E-state index contributed by atoms with van der Waals surface area (Å²) in [6.45, 7) is 10.9. The van der Waals surface area contributed by atoms with Crippen LogP contribution in [0, 0.1) is 17.8 Å². The maximum atomic E-state index is 12.5. The van der Waals surface area contributed by atoms with E-state index >= 15 is 0 Å². The highest BCUT2D eigenvalue weighted by atomic mass is 16.5. The van der Waals surface area contributed by atoms with E-state index in [9.17, 15) is 19.5 Å². The average molecular weight is 509 g/mol. The smallest absolute Gasteiger partial charge is 0.268 e. The van der Waals surface area contributed by atoms with E-state index in [1.165, 1.54) is 12.4 Å². The van der Waals surface area contributed by atoms with Crippen LogP contribution in [0.25, 0.3) is 0 Å². The third-order valence-electron chi connectivity index (χ3n) is 5.51. The van der Waals surface area contributed by atoms with E-state index < -0.39 is 24.0 Å². The highest BCUT2D eigenvalue weighted by molar-refractivity contribution is 5.97. The molecule has 2 atom stereocenters. The number of benzene rings is 2. The monoisotopic (exact) mass is 508 g/mol. The maximum absolute atomic E-state index is 12.5. The molecule has 0 bridgehead atoms. The fourth-order valence-electron chi connectivity index (χ4n) is 3.50. The van der Waals surface area contributed by atoms with Crippen LogP contribution in [0.3, 0.4) is 0 Å². The molecule has 0 aliphatic rings. The van der Waals surface area contributed by atoms with E-state index in [0.717, 1.165) is 12.1 Å². The molecule has 198 valence electrons. The molecule has 0 saturated heterocycles. The van der Waals surface area contributed by atoms with Gasteiger partial charge in [0.15, 0.2) is 0 Å². The number of hydroxylamine groups is 1. The summed E-state index contributed by atoms with van der Waals surface area (Å²) >= 11 is 0. The first-order valence-corrected chi connectivity index (χ1v) is 12.2. The molecule has 9 heteroatoms. The minimum absolute atomic E-state index is 0.0610. The number of nitrogens with zero attached hydrogens (tertiary/aromatic N) is 1. The third kappa shape index (κ3) is 9.69. The van der Waals surface area contributed by atoms with Crippen molar-refractivity contribution in [1.82, 2.24) is 15.7 Å². The number of aliphatic hydroxyl groups is 1. The number of anilines is 1. The lowest BCUT2D eigenvalue weighted by molar-refractivity contribution is -0.133. The van der Waals surface area contributed by atoms with E-state index in [1.807, 2.05) is 12.1 Å². The Hall–Kier alpha value is -3.71. The van der Waals surface area contributed by atoms with Crippen molar-refractivity contribution >= 4 is 23.4 Å². The van der Waals surface area contributed by atoms with Gasteiger partial charge in [-0.2, -0.15) is 0 Å². The molecule has 0 saturated carbocycles. The standard InChI is InChI=1S/C28H36N4O5/c1-18(2)16-32(19(3)4)17-25(34)29-24-14-10-22(11-15-24)7-6-21-8-12-23(13-9-21)27(35)30-26(20(5)33)28(36)31-37/h8-15,18-20,26,33,37H,16-17H2,1-5H3,(H,29,34)(H,30,35)(H,31,36)/t20-,26+/m1/s1. The van der Waals surface area contributed by atoms with Crippen LogP contribution in [0.5, 0.6) is 0 Å². The molecule has 2 aromatic rings. The largest absolute Gasteiger partial charge is 0.391 e. The lowest BCUT2D eigenvalue weighted by Gasteiger charge is -2.27. The first kappa shape index (κ1) is 29.5. The molecular formula is C28H36N4O5. The Bertz CT molecular complexity index is 1120. The number of carbonyl (C=O) groups excluding carboxylic acids is 3. The minimum Gasteiger partial charge on any atom is -0.391 e. The maximum Gasteiger partial charge on any atom is 0.268 e. The molecule has 0 aliphatic carbocycles. The van der Waals surface area contributed by atoms with Gasteiger partial charge in [-0.05, 0) is 75.2 Å². The van der Waals surface area contributed by atoms with Crippen LogP contribution in [-0.4, -0.2) is 64.2 Å². The van der Waals surface area contributed by atoms with Gasteiger partial charge in [-0.3, -0.25) is 24.5 Å². The van der Waals surface area contributed by atoms with Crippen molar-refractivity contribution < 1.29 is 24.7 Å². The predicted octanol–water partition coefficient (Wildman–Crippen LogP) is 2.38. The number of hydrogen-bond acceptors (Lipinski definition) is 6. The van der Waals surface area contributed by atoms with E-state index in [0.29, 0.717) is 23.7 Å². The number of aliphatic hydroxyl groups excluding tert-OH is 1. The van der Waals surface area contributed by atoms with Crippen LogP contribution in [0.2, 0.25) is 0 Å². The van der Waals surface area contributed by atoms with Crippen LogP contribution >= 0.6 is 0 Å². The molecule has 0 heterocycles. The second-order valence-corrected chi connectivity index (χ2v) is 9.54. The van der Waals surface area contributed by atoms with Gasteiger partial charge in [0.05, 0.1) is 12.6 Å². The molecule has 37 heavy (non-hydrogen) atoms. The van der Waals surface area contributed by atoms with Gasteiger partial charge in [-0.25, -0.2) is 5.48 Å². The summed E-state index contributed by atoms with van der Waals surface area (Å²) in [4.78, 5) is 38.6. The van der Waals surface area contributed by atoms with Gasteiger partial charge < -0.3 is 15.7 Å². The van der Waals surface area contributed by atoms with E-state index in [2.05, 4.69) is 55.1 Å². The van der Waals surface area contributed by atoms with Crippen molar-refractivity contribution in [2.75, 3.05) is 18.4 Å². The summed E-state index contributed by atoms with van der Waals surface area (Å²) in [6.07, 6.45) is -1.19. The van der Waals surface area contributed by atoms with Crippen molar-refractivity contribution in [3.8, 4) is 11.8 Å². The number of carbonyl (C=O) groups is 3. The van der Waals surface area contributed by atoms with Crippen LogP contribution in [0.4, 0.5) is 5.69 Å². The first-order chi connectivity index (χ1) is 17.5. The van der Waals surface area contributed by atoms with Gasteiger partial charge in [-0.15, -0.1) is 0 Å². The fourth-order valence-corrected chi connectivity index (χ4v) is 3.50. The summed E-state index contributed by atoms with van der Waals surface area (Å²) in [7, 11) is 0. The van der Waals surface area contributed by atoms with Gasteiger partial charge in [0.25, 0.3) is 11.8 Å². The molecular weight excluding hydrogens is 472 g/mol. The van der Waals surface area contributed by atoms with E-state index in [-0.39, 0.29) is 17.5 Å². The summed E-state index contributed by atoms with van der Waals surface area (Å²) in [5, 5.41) is 23.7. The summed E-state index contributed by atoms with van der Waals surface area (Å²) in [6, 6.07) is 12.7. The van der Waals surface area contributed by atoms with Crippen molar-refractivity contribution in [1.29, 1.82) is 0 Å². The Morgan fingerprint density at radius 1 is 0.892 bits per heavy atom. The molecule has 0 aromatic heterocycles. The molecule has 5 N–H and O–H groups in total. The Labute approximate surface area is 218 Å². The lowest BCUT2D eigenvalue weighted by atomic mass is 10.1. The molecule has 0 aliphatic heterocycles. The van der Waals surface area contributed by atoms with Gasteiger partial charge in [0.2, 0.25) is 5.91 Å². The van der Waals surface area contributed by atoms with Crippen molar-refractivity contribution in [3.05, 3.63) is 65.2 Å². The Balaban J connectivity index is 1.97. The molecule has 2 aromatic carbocycles. The first-order valence-electron chi connectivity index (χ1n) is 12.2. The molecule has 0 unspecified atom stereocenters. The predicted molar refractivity (Wildman–Crippen MR) is 142 cm³/mol. The second kappa shape index (κ2) is 14.1. The molecule has 3 amide bonds. The summed E-state index contributed by atoms with van der Waals surface area (Å²) in [5.41, 5.74) is 3.82. The normalized spacial score (nSPS) is 12.5. The summed E-state index contributed by atoms with van der Waals surface area (Å²) < 4.78 is 0. The van der Waals surface area contributed by atoms with Crippen molar-refractivity contribution in [2.45, 2.75) is 52.8 Å². The molecule has 0 fully saturated rings.